The summed E-state index contributed by atoms with van der Waals surface area (Å²) < 4.78 is 0. The number of rotatable bonds is 7. The SMILES string of the molecule is CC(C)(C)N(C=O)CCCCCC(=O)NN. The van der Waals surface area contributed by atoms with Crippen LogP contribution in [-0.4, -0.2) is 29.3 Å². The standard InChI is InChI=1S/C11H23N3O2/c1-11(2,3)14(9-15)8-6-4-5-7-10(16)13-12/h9H,4-8,12H2,1-3H3,(H,13,16). The van der Waals surface area contributed by atoms with Crippen LogP contribution in [0.5, 0.6) is 0 Å². The first kappa shape index (κ1) is 14.9. The minimum Gasteiger partial charge on any atom is -0.340 e. The molecule has 0 heterocycles. The van der Waals surface area contributed by atoms with Crippen LogP contribution in [-0.2, 0) is 9.59 Å². The molecule has 0 saturated heterocycles. The van der Waals surface area contributed by atoms with Crippen molar-refractivity contribution in [2.24, 2.45) is 5.84 Å². The summed E-state index contributed by atoms with van der Waals surface area (Å²) in [5, 5.41) is 0. The second-order valence-electron chi connectivity index (χ2n) is 4.85. The van der Waals surface area contributed by atoms with Gasteiger partial charge in [0, 0.05) is 18.5 Å². The molecule has 16 heavy (non-hydrogen) atoms. The van der Waals surface area contributed by atoms with Crippen molar-refractivity contribution in [2.45, 2.75) is 52.0 Å². The minimum absolute atomic E-state index is 0.129. The van der Waals surface area contributed by atoms with Crippen LogP contribution in [0.1, 0.15) is 46.5 Å². The maximum Gasteiger partial charge on any atom is 0.233 e. The molecule has 0 rings (SSSR count). The Morgan fingerprint density at radius 2 is 1.94 bits per heavy atom. The number of nitrogens with zero attached hydrogens (tertiary/aromatic N) is 1. The van der Waals surface area contributed by atoms with Crippen molar-refractivity contribution in [1.82, 2.24) is 10.3 Å². The first-order valence-corrected chi connectivity index (χ1v) is 5.63. The van der Waals surface area contributed by atoms with E-state index >= 15 is 0 Å². The minimum atomic E-state index is -0.136. The third-order valence-electron chi connectivity index (χ3n) is 2.45. The van der Waals surface area contributed by atoms with Gasteiger partial charge in [-0.25, -0.2) is 5.84 Å². The highest BCUT2D eigenvalue weighted by molar-refractivity contribution is 5.75. The quantitative estimate of drug-likeness (QED) is 0.223. The Morgan fingerprint density at radius 3 is 2.38 bits per heavy atom. The molecule has 0 bridgehead atoms. The molecule has 0 aromatic heterocycles. The largest absolute Gasteiger partial charge is 0.340 e. The predicted molar refractivity (Wildman–Crippen MR) is 63.3 cm³/mol. The van der Waals surface area contributed by atoms with Gasteiger partial charge < -0.3 is 4.90 Å². The Kier molecular flexibility index (Phi) is 6.72. The highest BCUT2D eigenvalue weighted by atomic mass is 16.2. The number of carbonyl (C=O) groups excluding carboxylic acids is 2. The van der Waals surface area contributed by atoms with E-state index in [1.807, 2.05) is 20.8 Å². The molecule has 0 atom stereocenters. The van der Waals surface area contributed by atoms with Crippen LogP contribution in [0.25, 0.3) is 0 Å². The first-order chi connectivity index (χ1) is 7.41. The van der Waals surface area contributed by atoms with Crippen molar-refractivity contribution in [3.63, 3.8) is 0 Å². The van der Waals surface area contributed by atoms with Gasteiger partial charge in [-0.1, -0.05) is 6.42 Å². The average Bonchev–Trinajstić information content (AvgIpc) is 2.20. The van der Waals surface area contributed by atoms with Gasteiger partial charge in [-0.2, -0.15) is 0 Å². The third kappa shape index (κ3) is 6.40. The summed E-state index contributed by atoms with van der Waals surface area (Å²) in [6.45, 7) is 6.74. The zero-order chi connectivity index (χ0) is 12.6. The Labute approximate surface area is 97.3 Å². The number of nitrogens with one attached hydrogen (secondary N) is 1. The van der Waals surface area contributed by atoms with Gasteiger partial charge in [0.15, 0.2) is 0 Å². The Morgan fingerprint density at radius 1 is 1.31 bits per heavy atom. The van der Waals surface area contributed by atoms with Crippen LogP contribution in [0.4, 0.5) is 0 Å². The van der Waals surface area contributed by atoms with E-state index in [-0.39, 0.29) is 11.4 Å². The number of nitrogens with two attached hydrogens (primary N) is 1. The van der Waals surface area contributed by atoms with Crippen LogP contribution >= 0.6 is 0 Å². The fourth-order valence-corrected chi connectivity index (χ4v) is 1.36. The molecule has 0 fully saturated rings. The predicted octanol–water partition coefficient (Wildman–Crippen LogP) is 0.794. The Balaban J connectivity index is 3.65. The summed E-state index contributed by atoms with van der Waals surface area (Å²) in [5.74, 6) is 4.82. The second-order valence-corrected chi connectivity index (χ2v) is 4.85. The number of unbranched alkanes of at least 4 members (excludes halogenated alkanes) is 2. The molecular weight excluding hydrogens is 206 g/mol. The summed E-state index contributed by atoms with van der Waals surface area (Å²) in [5.41, 5.74) is 1.97. The fraction of sp³-hybridized carbons (Fsp3) is 0.818. The fourth-order valence-electron chi connectivity index (χ4n) is 1.36. The number of hydrogen-bond donors (Lipinski definition) is 2. The maximum atomic E-state index is 10.8. The molecule has 3 N–H and O–H groups in total. The highest BCUT2D eigenvalue weighted by Gasteiger charge is 2.18. The molecule has 0 unspecified atom stereocenters. The van der Waals surface area contributed by atoms with E-state index in [9.17, 15) is 9.59 Å². The van der Waals surface area contributed by atoms with Gasteiger partial charge in [0.25, 0.3) is 0 Å². The van der Waals surface area contributed by atoms with Crippen LogP contribution < -0.4 is 11.3 Å². The molecule has 0 aromatic carbocycles. The first-order valence-electron chi connectivity index (χ1n) is 5.63. The van der Waals surface area contributed by atoms with Crippen molar-refractivity contribution < 1.29 is 9.59 Å². The topological polar surface area (TPSA) is 75.4 Å². The van der Waals surface area contributed by atoms with Crippen molar-refractivity contribution in [3.8, 4) is 0 Å². The summed E-state index contributed by atoms with van der Waals surface area (Å²) in [4.78, 5) is 23.4. The van der Waals surface area contributed by atoms with E-state index in [0.29, 0.717) is 6.42 Å². The molecule has 0 spiro atoms. The number of hydrogen-bond acceptors (Lipinski definition) is 3. The molecular formula is C11H23N3O2. The molecule has 0 aliphatic heterocycles. The summed E-state index contributed by atoms with van der Waals surface area (Å²) >= 11 is 0. The van der Waals surface area contributed by atoms with E-state index in [2.05, 4.69) is 5.43 Å². The van der Waals surface area contributed by atoms with Crippen molar-refractivity contribution in [1.29, 1.82) is 0 Å². The normalized spacial score (nSPS) is 11.0. The lowest BCUT2D eigenvalue weighted by atomic mass is 10.1. The monoisotopic (exact) mass is 229 g/mol. The molecule has 0 aliphatic rings. The zero-order valence-electron chi connectivity index (χ0n) is 10.5. The van der Waals surface area contributed by atoms with Gasteiger partial charge in [-0.15, -0.1) is 0 Å². The summed E-state index contributed by atoms with van der Waals surface area (Å²) in [6.07, 6.45) is 3.97. The molecule has 0 radical (unpaired) electrons. The van der Waals surface area contributed by atoms with Gasteiger partial charge >= 0.3 is 0 Å². The van der Waals surface area contributed by atoms with E-state index in [4.69, 9.17) is 5.84 Å². The molecule has 5 nitrogen and oxygen atoms in total. The van der Waals surface area contributed by atoms with Gasteiger partial charge in [-0.05, 0) is 33.6 Å². The van der Waals surface area contributed by atoms with E-state index in [0.717, 1.165) is 32.2 Å². The van der Waals surface area contributed by atoms with Crippen LogP contribution in [0, 0.1) is 0 Å². The Bertz CT molecular complexity index is 224. The number of amides is 2. The van der Waals surface area contributed by atoms with E-state index in [1.54, 1.807) is 4.90 Å². The van der Waals surface area contributed by atoms with Crippen LogP contribution in [0.2, 0.25) is 0 Å². The average molecular weight is 229 g/mol. The smallest absolute Gasteiger partial charge is 0.233 e. The van der Waals surface area contributed by atoms with Gasteiger partial charge in [-0.3, -0.25) is 15.0 Å². The summed E-state index contributed by atoms with van der Waals surface area (Å²) in [6, 6.07) is 0. The molecule has 0 saturated carbocycles. The molecule has 2 amide bonds. The Hall–Kier alpha value is -1.10. The number of hydrazine groups is 1. The lowest BCUT2D eigenvalue weighted by molar-refractivity contribution is -0.123. The summed E-state index contributed by atoms with van der Waals surface area (Å²) in [7, 11) is 0. The van der Waals surface area contributed by atoms with Crippen molar-refractivity contribution in [2.75, 3.05) is 6.54 Å². The van der Waals surface area contributed by atoms with Gasteiger partial charge in [0.2, 0.25) is 12.3 Å². The van der Waals surface area contributed by atoms with Crippen LogP contribution in [0.15, 0.2) is 0 Å². The molecule has 0 aliphatic carbocycles. The lowest BCUT2D eigenvalue weighted by Gasteiger charge is -2.32. The molecule has 0 aromatic rings. The van der Waals surface area contributed by atoms with Crippen molar-refractivity contribution in [3.05, 3.63) is 0 Å². The van der Waals surface area contributed by atoms with E-state index in [1.165, 1.54) is 0 Å². The molecule has 5 heteroatoms. The third-order valence-corrected chi connectivity index (χ3v) is 2.45. The zero-order valence-corrected chi connectivity index (χ0v) is 10.5. The number of carbonyl (C=O) groups is 2. The second kappa shape index (κ2) is 7.22. The van der Waals surface area contributed by atoms with E-state index < -0.39 is 0 Å². The van der Waals surface area contributed by atoms with Crippen LogP contribution in [0.3, 0.4) is 0 Å². The van der Waals surface area contributed by atoms with Gasteiger partial charge in [0.1, 0.15) is 0 Å². The maximum absolute atomic E-state index is 10.8. The van der Waals surface area contributed by atoms with Crippen molar-refractivity contribution >= 4 is 12.3 Å². The highest BCUT2D eigenvalue weighted by Crippen LogP contribution is 2.12. The molecule has 94 valence electrons. The van der Waals surface area contributed by atoms with Gasteiger partial charge in [0.05, 0.1) is 0 Å². The lowest BCUT2D eigenvalue weighted by Crippen LogP contribution is -2.40.